The molecule has 4 heteroatoms. The van der Waals surface area contributed by atoms with E-state index < -0.39 is 5.41 Å². The van der Waals surface area contributed by atoms with Gasteiger partial charge in [0.1, 0.15) is 0 Å². The van der Waals surface area contributed by atoms with Crippen LogP contribution in [-0.4, -0.2) is 19.9 Å². The summed E-state index contributed by atoms with van der Waals surface area (Å²) in [6, 6.07) is 71.6. The summed E-state index contributed by atoms with van der Waals surface area (Å²) in [4.78, 5) is 20.4. The number of aromatic nitrogens is 4. The number of fused-ring (bicyclic) bond motifs is 4. The van der Waals surface area contributed by atoms with E-state index in [0.717, 1.165) is 44.3 Å². The van der Waals surface area contributed by atoms with Crippen molar-refractivity contribution in [2.24, 2.45) is 0 Å². The van der Waals surface area contributed by atoms with Gasteiger partial charge in [0, 0.05) is 34.1 Å². The lowest BCUT2D eigenvalue weighted by Gasteiger charge is -2.34. The van der Waals surface area contributed by atoms with Crippen molar-refractivity contribution >= 4 is 10.8 Å². The average Bonchev–Trinajstić information content (AvgIpc) is 3.62. The fourth-order valence-corrected chi connectivity index (χ4v) is 9.53. The molecular formula is C57H40N4. The molecule has 1 atom stereocenters. The predicted octanol–water partition coefficient (Wildman–Crippen LogP) is 13.7. The van der Waals surface area contributed by atoms with E-state index in [0.29, 0.717) is 17.5 Å². The van der Waals surface area contributed by atoms with Gasteiger partial charge in [-0.2, -0.15) is 0 Å². The molecular weight excluding hydrogens is 741 g/mol. The zero-order valence-electron chi connectivity index (χ0n) is 33.9. The number of nitrogens with zero attached hydrogens (tertiary/aromatic N) is 4. The summed E-state index contributed by atoms with van der Waals surface area (Å²) >= 11 is 0. The van der Waals surface area contributed by atoms with Gasteiger partial charge in [-0.25, -0.2) is 15.0 Å². The van der Waals surface area contributed by atoms with E-state index in [4.69, 9.17) is 19.9 Å². The van der Waals surface area contributed by atoms with Crippen molar-refractivity contribution in [3.8, 4) is 67.5 Å². The minimum absolute atomic E-state index is 0.627. The van der Waals surface area contributed by atoms with Crippen LogP contribution in [0.25, 0.3) is 78.3 Å². The van der Waals surface area contributed by atoms with Gasteiger partial charge in [-0.3, -0.25) is 4.98 Å². The van der Waals surface area contributed by atoms with Gasteiger partial charge in [-0.1, -0.05) is 182 Å². The third kappa shape index (κ3) is 6.07. The first-order valence-corrected chi connectivity index (χ1v) is 20.8. The van der Waals surface area contributed by atoms with Gasteiger partial charge in [0.15, 0.2) is 17.5 Å². The molecule has 8 aromatic carbocycles. The van der Waals surface area contributed by atoms with Gasteiger partial charge in [0.25, 0.3) is 0 Å². The van der Waals surface area contributed by atoms with Crippen molar-refractivity contribution < 1.29 is 0 Å². The number of benzene rings is 8. The number of hydrogen-bond donors (Lipinski definition) is 0. The molecule has 2 aromatic heterocycles. The summed E-state index contributed by atoms with van der Waals surface area (Å²) in [5.74, 6) is 1.91. The maximum atomic E-state index is 5.29. The summed E-state index contributed by atoms with van der Waals surface area (Å²) in [5.41, 5.74) is 16.3. The summed E-state index contributed by atoms with van der Waals surface area (Å²) in [6.45, 7) is 4.22. The fraction of sp³-hybridized carbons (Fsp3) is 0.0526. The molecule has 0 saturated carbocycles. The van der Waals surface area contributed by atoms with E-state index in [9.17, 15) is 0 Å². The van der Waals surface area contributed by atoms with Crippen LogP contribution >= 0.6 is 0 Å². The molecule has 61 heavy (non-hydrogen) atoms. The summed E-state index contributed by atoms with van der Waals surface area (Å²) in [7, 11) is 0. The highest BCUT2D eigenvalue weighted by Crippen LogP contribution is 2.57. The van der Waals surface area contributed by atoms with Crippen molar-refractivity contribution in [2.45, 2.75) is 19.3 Å². The van der Waals surface area contributed by atoms with Gasteiger partial charge < -0.3 is 0 Å². The number of rotatable bonds is 7. The van der Waals surface area contributed by atoms with Gasteiger partial charge >= 0.3 is 0 Å². The van der Waals surface area contributed by atoms with Crippen LogP contribution in [0.5, 0.6) is 0 Å². The maximum absolute atomic E-state index is 5.29. The molecule has 0 saturated heterocycles. The summed E-state index contributed by atoms with van der Waals surface area (Å²) in [5, 5.41) is 2.24. The lowest BCUT2D eigenvalue weighted by molar-refractivity contribution is 0.769. The predicted molar refractivity (Wildman–Crippen MR) is 249 cm³/mol. The third-order valence-corrected chi connectivity index (χ3v) is 12.3. The first kappa shape index (κ1) is 36.3. The second-order valence-electron chi connectivity index (χ2n) is 15.9. The van der Waals surface area contributed by atoms with Crippen molar-refractivity contribution in [1.29, 1.82) is 0 Å². The molecule has 288 valence electrons. The second-order valence-corrected chi connectivity index (χ2v) is 15.9. The van der Waals surface area contributed by atoms with Crippen LogP contribution in [0.2, 0.25) is 0 Å². The van der Waals surface area contributed by atoms with E-state index in [-0.39, 0.29) is 0 Å². The Labute approximate surface area is 356 Å². The highest BCUT2D eigenvalue weighted by atomic mass is 15.0. The molecule has 0 bridgehead atoms. The van der Waals surface area contributed by atoms with Crippen LogP contribution < -0.4 is 0 Å². The molecule has 2 heterocycles. The number of aryl methyl sites for hydroxylation is 2. The first-order chi connectivity index (χ1) is 30.1. The van der Waals surface area contributed by atoms with Gasteiger partial charge in [0.2, 0.25) is 0 Å². The monoisotopic (exact) mass is 780 g/mol. The molecule has 1 aliphatic rings. The SMILES string of the molecule is Cc1cc(C)c(-c2ccccc2-c2cccc(C3(c4ccccc4)c4ccccc4-c4ccc(-c5nc(-c6ccccc6)nc(-c6cccc7ccccc67)n5)cc43)c2)cn1. The largest absolute Gasteiger partial charge is 0.261 e. The van der Waals surface area contributed by atoms with Crippen LogP contribution in [-0.2, 0) is 5.41 Å². The smallest absolute Gasteiger partial charge is 0.164 e. The Hall–Kier alpha value is -7.82. The highest BCUT2D eigenvalue weighted by molar-refractivity contribution is 5.96. The van der Waals surface area contributed by atoms with Crippen LogP contribution in [0.4, 0.5) is 0 Å². The highest BCUT2D eigenvalue weighted by Gasteiger charge is 2.46. The Morgan fingerprint density at radius 1 is 0.361 bits per heavy atom. The molecule has 0 N–H and O–H groups in total. The van der Waals surface area contributed by atoms with Crippen LogP contribution in [0.1, 0.15) is 33.5 Å². The molecule has 11 rings (SSSR count). The molecule has 0 aliphatic heterocycles. The van der Waals surface area contributed by atoms with Gasteiger partial charge in [0.05, 0.1) is 5.41 Å². The van der Waals surface area contributed by atoms with Crippen LogP contribution in [0.3, 0.4) is 0 Å². The van der Waals surface area contributed by atoms with Crippen LogP contribution in [0, 0.1) is 13.8 Å². The standard InChI is InChI=1S/C57H40N4/c1-37-33-38(2)58-36-51(37)47-27-12-11-26-46(47)41-21-15-24-44(34-41)57(43-22-7-4-8-23-43)52-30-14-13-28-48(52)49-32-31-42(35-53(49)57)55-59-54(40-18-5-3-6-19-40)60-56(61-55)50-29-16-20-39-17-9-10-25-45(39)50/h3-36H,1-2H3. The number of pyridine rings is 1. The fourth-order valence-electron chi connectivity index (χ4n) is 9.53. The Morgan fingerprint density at radius 2 is 0.951 bits per heavy atom. The number of hydrogen-bond acceptors (Lipinski definition) is 4. The Bertz CT molecular complexity index is 3280. The summed E-state index contributed by atoms with van der Waals surface area (Å²) < 4.78 is 0. The van der Waals surface area contributed by atoms with Gasteiger partial charge in [-0.05, 0) is 98.5 Å². The minimum atomic E-state index is -0.650. The van der Waals surface area contributed by atoms with Crippen molar-refractivity contribution in [2.75, 3.05) is 0 Å². The maximum Gasteiger partial charge on any atom is 0.164 e. The summed E-state index contributed by atoms with van der Waals surface area (Å²) in [6.07, 6.45) is 2.01. The molecule has 0 fully saturated rings. The normalized spacial score (nSPS) is 14.1. The molecule has 0 amide bonds. The van der Waals surface area contributed by atoms with E-state index in [1.165, 1.54) is 50.1 Å². The van der Waals surface area contributed by atoms with E-state index >= 15 is 0 Å². The Balaban J connectivity index is 1.15. The Morgan fingerprint density at radius 3 is 1.77 bits per heavy atom. The topological polar surface area (TPSA) is 51.6 Å². The molecule has 0 spiro atoms. The lowest BCUT2D eigenvalue weighted by Crippen LogP contribution is -2.28. The molecule has 0 radical (unpaired) electrons. The minimum Gasteiger partial charge on any atom is -0.261 e. The molecule has 10 aromatic rings. The van der Waals surface area contributed by atoms with E-state index in [2.05, 4.69) is 189 Å². The van der Waals surface area contributed by atoms with E-state index in [1.54, 1.807) is 0 Å². The first-order valence-electron chi connectivity index (χ1n) is 20.8. The Kier molecular flexibility index (Phi) is 8.79. The average molecular weight is 781 g/mol. The lowest BCUT2D eigenvalue weighted by atomic mass is 9.67. The third-order valence-electron chi connectivity index (χ3n) is 12.3. The van der Waals surface area contributed by atoms with Gasteiger partial charge in [-0.15, -0.1) is 0 Å². The zero-order chi connectivity index (χ0) is 40.9. The van der Waals surface area contributed by atoms with Crippen molar-refractivity contribution in [3.05, 3.63) is 240 Å². The van der Waals surface area contributed by atoms with E-state index in [1.807, 2.05) is 31.3 Å². The van der Waals surface area contributed by atoms with Crippen LogP contribution in [0.15, 0.2) is 206 Å². The quantitative estimate of drug-likeness (QED) is 0.162. The molecule has 1 aliphatic carbocycles. The molecule has 1 unspecified atom stereocenters. The second kappa shape index (κ2) is 14.8. The molecule has 4 nitrogen and oxygen atoms in total. The van der Waals surface area contributed by atoms with Crippen molar-refractivity contribution in [3.63, 3.8) is 0 Å². The van der Waals surface area contributed by atoms with Crippen molar-refractivity contribution in [1.82, 2.24) is 19.9 Å². The zero-order valence-corrected chi connectivity index (χ0v) is 33.9.